The van der Waals surface area contributed by atoms with Gasteiger partial charge in [0.2, 0.25) is 5.78 Å². The summed E-state index contributed by atoms with van der Waals surface area (Å²) in [6.45, 7) is 25.9. The first-order chi connectivity index (χ1) is 15.3. The second-order valence-electron chi connectivity index (χ2n) is 4.64. The van der Waals surface area contributed by atoms with Crippen molar-refractivity contribution in [2.24, 2.45) is 0 Å². The van der Waals surface area contributed by atoms with Gasteiger partial charge in [-0.05, 0) is 18.6 Å². The fourth-order valence-corrected chi connectivity index (χ4v) is 2.30. The van der Waals surface area contributed by atoms with Crippen LogP contribution in [0.15, 0.2) is 59.0 Å². The maximum atomic E-state index is 12.3. The van der Waals surface area contributed by atoms with Crippen molar-refractivity contribution in [1.82, 2.24) is 0 Å². The van der Waals surface area contributed by atoms with Crippen LogP contribution in [0, 0.1) is 6.92 Å². The van der Waals surface area contributed by atoms with Crippen molar-refractivity contribution in [3.63, 3.8) is 0 Å². The minimum atomic E-state index is 0.0277. The van der Waals surface area contributed by atoms with E-state index in [1.807, 2.05) is 145 Å². The molecule has 0 aliphatic carbocycles. The molecule has 0 aliphatic heterocycles. The molecule has 3 rings (SSSR count). The number of aryl methyl sites for hydroxylation is 1. The van der Waals surface area contributed by atoms with Crippen molar-refractivity contribution < 1.29 is 9.21 Å². The van der Waals surface area contributed by atoms with Crippen molar-refractivity contribution in [1.29, 1.82) is 0 Å². The van der Waals surface area contributed by atoms with Gasteiger partial charge in [-0.1, -0.05) is 132 Å². The van der Waals surface area contributed by atoms with Crippen LogP contribution in [0.25, 0.3) is 11.0 Å². The molecule has 0 unspecified atom stereocenters. The molecule has 31 heavy (non-hydrogen) atoms. The van der Waals surface area contributed by atoms with Gasteiger partial charge in [0.15, 0.2) is 5.76 Å². The number of carbonyl (C=O) groups excluding carboxylic acids is 1. The number of benzene rings is 2. The molecule has 1 aromatic heterocycles. The summed E-state index contributed by atoms with van der Waals surface area (Å²) >= 11 is 0. The molecule has 0 atom stereocenters. The van der Waals surface area contributed by atoms with Gasteiger partial charge in [-0.2, -0.15) is 0 Å². The van der Waals surface area contributed by atoms with Gasteiger partial charge in [-0.25, -0.2) is 0 Å². The predicted octanol–water partition coefficient (Wildman–Crippen LogP) is 10.3. The van der Waals surface area contributed by atoms with Crippen LogP contribution >= 0.6 is 0 Å². The Kier molecular flexibility index (Phi) is 32.2. The minimum absolute atomic E-state index is 0.0277. The van der Waals surface area contributed by atoms with Crippen molar-refractivity contribution in [2.75, 3.05) is 0 Å². The number of hydrogen-bond acceptors (Lipinski definition) is 2. The third kappa shape index (κ3) is 13.5. The lowest BCUT2D eigenvalue weighted by Gasteiger charge is -1.99. The molecule has 3 aromatic rings. The van der Waals surface area contributed by atoms with E-state index in [0.29, 0.717) is 12.2 Å². The largest absolute Gasteiger partial charge is 0.453 e. The lowest BCUT2D eigenvalue weighted by atomic mass is 10.0. The normalized spacial score (nSPS) is 7.77. The van der Waals surface area contributed by atoms with E-state index in [0.717, 1.165) is 22.1 Å². The van der Waals surface area contributed by atoms with Gasteiger partial charge in [0.1, 0.15) is 5.58 Å². The van der Waals surface area contributed by atoms with Crippen molar-refractivity contribution in [3.05, 3.63) is 71.5 Å². The standard InChI is InChI=1S/C17H14O2.6C2H6/c1-12-14-9-5-6-10-16(14)19-17(12)15(18)11-13-7-3-2-4-8-13;6*1-2/h2-10H,11H2,1H3;6*1-2H3. The molecule has 1 heterocycles. The van der Waals surface area contributed by atoms with Crippen LogP contribution in [-0.4, -0.2) is 5.78 Å². The van der Waals surface area contributed by atoms with E-state index >= 15 is 0 Å². The first-order valence-electron chi connectivity index (χ1n) is 12.3. The number of para-hydroxylation sites is 1. The van der Waals surface area contributed by atoms with E-state index in [1.165, 1.54) is 0 Å². The smallest absolute Gasteiger partial charge is 0.202 e. The van der Waals surface area contributed by atoms with Gasteiger partial charge in [-0.3, -0.25) is 4.79 Å². The summed E-state index contributed by atoms with van der Waals surface area (Å²) in [5.41, 5.74) is 2.71. The predicted molar refractivity (Wildman–Crippen MR) is 144 cm³/mol. The Balaban J connectivity index is -0.000000264. The number of fused-ring (bicyclic) bond motifs is 1. The Morgan fingerprint density at radius 1 is 0.645 bits per heavy atom. The SMILES string of the molecule is CC.CC.CC.CC.CC.CC.Cc1c(C(=O)Cc2ccccc2)oc2ccccc12. The summed E-state index contributed by atoms with van der Waals surface area (Å²) in [6.07, 6.45) is 0.376. The highest BCUT2D eigenvalue weighted by atomic mass is 16.3. The molecule has 2 nitrogen and oxygen atoms in total. The fraction of sp³-hybridized carbons (Fsp3) is 0.483. The quantitative estimate of drug-likeness (QED) is 0.387. The average Bonchev–Trinajstić information content (AvgIpc) is 3.24. The number of furan rings is 1. The average molecular weight is 431 g/mol. The Labute approximate surface area is 194 Å². The second-order valence-corrected chi connectivity index (χ2v) is 4.64. The Morgan fingerprint density at radius 3 is 1.52 bits per heavy atom. The molecular formula is C29H50O2. The minimum Gasteiger partial charge on any atom is -0.453 e. The van der Waals surface area contributed by atoms with Crippen LogP contribution in [0.4, 0.5) is 0 Å². The van der Waals surface area contributed by atoms with Gasteiger partial charge in [0.05, 0.1) is 0 Å². The molecule has 2 aromatic carbocycles. The van der Waals surface area contributed by atoms with Gasteiger partial charge in [0, 0.05) is 17.4 Å². The molecule has 178 valence electrons. The molecule has 0 bridgehead atoms. The molecule has 0 amide bonds. The lowest BCUT2D eigenvalue weighted by Crippen LogP contribution is -2.03. The number of carbonyl (C=O) groups is 1. The molecule has 0 aliphatic rings. The summed E-state index contributed by atoms with van der Waals surface area (Å²) in [5.74, 6) is 0.505. The zero-order valence-electron chi connectivity index (χ0n) is 22.7. The van der Waals surface area contributed by atoms with E-state index in [4.69, 9.17) is 4.42 Å². The summed E-state index contributed by atoms with van der Waals surface area (Å²) in [4.78, 5) is 12.3. The highest BCUT2D eigenvalue weighted by molar-refractivity contribution is 6.01. The van der Waals surface area contributed by atoms with E-state index in [9.17, 15) is 4.79 Å². The molecule has 0 saturated carbocycles. The van der Waals surface area contributed by atoms with Gasteiger partial charge in [0.25, 0.3) is 0 Å². The van der Waals surface area contributed by atoms with Crippen LogP contribution in [0.2, 0.25) is 0 Å². The van der Waals surface area contributed by atoms with E-state index in [1.54, 1.807) is 0 Å². The summed E-state index contributed by atoms with van der Waals surface area (Å²) in [6, 6.07) is 17.5. The fourth-order valence-electron chi connectivity index (χ4n) is 2.30. The first-order valence-corrected chi connectivity index (χ1v) is 12.3. The third-order valence-electron chi connectivity index (χ3n) is 3.30. The maximum absolute atomic E-state index is 12.3. The Bertz CT molecular complexity index is 725. The van der Waals surface area contributed by atoms with E-state index in [2.05, 4.69) is 0 Å². The van der Waals surface area contributed by atoms with Crippen LogP contribution in [0.5, 0.6) is 0 Å². The van der Waals surface area contributed by atoms with E-state index in [-0.39, 0.29) is 5.78 Å². The van der Waals surface area contributed by atoms with Crippen LogP contribution in [0.3, 0.4) is 0 Å². The zero-order chi connectivity index (χ0) is 25.2. The first kappa shape index (κ1) is 36.0. The van der Waals surface area contributed by atoms with Crippen molar-refractivity contribution >= 4 is 16.8 Å². The van der Waals surface area contributed by atoms with Crippen LogP contribution in [0.1, 0.15) is 105 Å². The molecule has 0 spiro atoms. The number of rotatable bonds is 3. The maximum Gasteiger partial charge on any atom is 0.202 e. The Hall–Kier alpha value is -2.35. The Morgan fingerprint density at radius 2 is 1.06 bits per heavy atom. The van der Waals surface area contributed by atoms with Gasteiger partial charge >= 0.3 is 0 Å². The number of Topliss-reactive ketones (excluding diaryl/α,β-unsaturated/α-hetero) is 1. The lowest BCUT2D eigenvalue weighted by molar-refractivity contribution is 0.0967. The highest BCUT2D eigenvalue weighted by Crippen LogP contribution is 2.25. The molecule has 0 saturated heterocycles. The van der Waals surface area contributed by atoms with E-state index < -0.39 is 0 Å². The highest BCUT2D eigenvalue weighted by Gasteiger charge is 2.17. The summed E-state index contributed by atoms with van der Waals surface area (Å²) in [7, 11) is 0. The van der Waals surface area contributed by atoms with Crippen LogP contribution < -0.4 is 0 Å². The molecular weight excluding hydrogens is 380 g/mol. The van der Waals surface area contributed by atoms with Crippen molar-refractivity contribution in [3.8, 4) is 0 Å². The topological polar surface area (TPSA) is 30.2 Å². The monoisotopic (exact) mass is 430 g/mol. The third-order valence-corrected chi connectivity index (χ3v) is 3.30. The van der Waals surface area contributed by atoms with Gasteiger partial charge < -0.3 is 4.42 Å². The van der Waals surface area contributed by atoms with Crippen LogP contribution in [-0.2, 0) is 6.42 Å². The van der Waals surface area contributed by atoms with Gasteiger partial charge in [-0.15, -0.1) is 0 Å². The molecule has 0 fully saturated rings. The molecule has 0 radical (unpaired) electrons. The second kappa shape index (κ2) is 27.6. The molecule has 2 heteroatoms. The summed E-state index contributed by atoms with van der Waals surface area (Å²) in [5, 5.41) is 1.01. The summed E-state index contributed by atoms with van der Waals surface area (Å²) < 4.78 is 5.68. The zero-order valence-corrected chi connectivity index (χ0v) is 22.7. The molecule has 0 N–H and O–H groups in total. The van der Waals surface area contributed by atoms with Crippen molar-refractivity contribution in [2.45, 2.75) is 96.4 Å². The number of hydrogen-bond donors (Lipinski definition) is 0. The number of ketones is 1.